The Balaban J connectivity index is 1.31. The maximum absolute atomic E-state index is 15.3. The second kappa shape index (κ2) is 7.89. The van der Waals surface area contributed by atoms with Crippen molar-refractivity contribution < 1.29 is 13.7 Å². The third kappa shape index (κ3) is 3.65. The molecule has 3 unspecified atom stereocenters. The molecule has 0 bridgehead atoms. The molecule has 176 valence electrons. The van der Waals surface area contributed by atoms with E-state index in [1.807, 2.05) is 29.2 Å². The fraction of sp³-hybridized carbons (Fsp3) is 0.583. The Morgan fingerprint density at radius 1 is 1.21 bits per heavy atom. The first-order valence-electron chi connectivity index (χ1n) is 11.8. The third-order valence-corrected chi connectivity index (χ3v) is 9.87. The summed E-state index contributed by atoms with van der Waals surface area (Å²) in [6.07, 6.45) is 4.33. The molecule has 3 atom stereocenters. The predicted octanol–water partition coefficient (Wildman–Crippen LogP) is 3.94. The standard InChI is InChI=1S/C24H28ClFN4O2S/c25-16-4-2-15(3-5-16)17-6-11-30(12-18(17)26)22-27-20-19(33(32)14-23(20)9-10-23)21(28-22)29-24(13-31)7-1-8-24/h2-5,17-18,31H,1,6-14H2,(H,27,28,29). The van der Waals surface area contributed by atoms with E-state index in [-0.39, 0.29) is 24.5 Å². The van der Waals surface area contributed by atoms with Gasteiger partial charge in [-0.1, -0.05) is 23.7 Å². The minimum atomic E-state index is -1.16. The van der Waals surface area contributed by atoms with Crippen molar-refractivity contribution in [1.82, 2.24) is 9.97 Å². The number of aliphatic hydroxyl groups excluding tert-OH is 1. The van der Waals surface area contributed by atoms with Crippen LogP contribution in [-0.4, -0.2) is 56.4 Å². The third-order valence-electron chi connectivity index (χ3n) is 7.96. The number of benzene rings is 1. The van der Waals surface area contributed by atoms with E-state index in [2.05, 4.69) is 5.32 Å². The Labute approximate surface area is 200 Å². The van der Waals surface area contributed by atoms with Gasteiger partial charge in [-0.05, 0) is 56.2 Å². The molecule has 6 rings (SSSR count). The SMILES string of the molecule is O=S1CC2(CC2)c2nc(N3CCC(c4ccc(Cl)cc4)C(F)C3)nc(NC3(CO)CCC3)c21. The van der Waals surface area contributed by atoms with Gasteiger partial charge in [-0.25, -0.2) is 9.37 Å². The lowest BCUT2D eigenvalue weighted by Crippen LogP contribution is -2.49. The van der Waals surface area contributed by atoms with Crippen LogP contribution in [0.1, 0.15) is 55.7 Å². The summed E-state index contributed by atoms with van der Waals surface area (Å²) in [6, 6.07) is 7.43. The summed E-state index contributed by atoms with van der Waals surface area (Å²) in [7, 11) is -1.16. The van der Waals surface area contributed by atoms with Crippen molar-refractivity contribution >= 4 is 34.2 Å². The highest BCUT2D eigenvalue weighted by Gasteiger charge is 2.55. The quantitative estimate of drug-likeness (QED) is 0.661. The van der Waals surface area contributed by atoms with Gasteiger partial charge >= 0.3 is 0 Å². The van der Waals surface area contributed by atoms with Crippen molar-refractivity contribution in [3.63, 3.8) is 0 Å². The van der Waals surface area contributed by atoms with Gasteiger partial charge in [-0.2, -0.15) is 4.98 Å². The number of aromatic nitrogens is 2. The summed E-state index contributed by atoms with van der Waals surface area (Å²) in [6.45, 7) is 0.873. The molecular formula is C24H28ClFN4O2S. The van der Waals surface area contributed by atoms with Crippen molar-refractivity contribution in [3.8, 4) is 0 Å². The number of hydrogen-bond acceptors (Lipinski definition) is 6. The van der Waals surface area contributed by atoms with E-state index in [4.69, 9.17) is 21.6 Å². The molecule has 2 saturated carbocycles. The molecule has 6 nitrogen and oxygen atoms in total. The maximum Gasteiger partial charge on any atom is 0.227 e. The molecule has 0 radical (unpaired) electrons. The highest BCUT2D eigenvalue weighted by molar-refractivity contribution is 7.85. The molecule has 9 heteroatoms. The van der Waals surface area contributed by atoms with Crippen molar-refractivity contribution in [3.05, 3.63) is 40.5 Å². The van der Waals surface area contributed by atoms with Gasteiger partial charge in [0.05, 0.1) is 35.2 Å². The molecule has 2 aliphatic carbocycles. The van der Waals surface area contributed by atoms with Crippen molar-refractivity contribution in [2.75, 3.05) is 35.7 Å². The van der Waals surface area contributed by atoms with Gasteiger partial charge in [0, 0.05) is 28.7 Å². The lowest BCUT2D eigenvalue weighted by molar-refractivity contribution is 0.143. The number of halogens is 2. The minimum Gasteiger partial charge on any atom is -0.394 e. The zero-order valence-electron chi connectivity index (χ0n) is 18.4. The predicted molar refractivity (Wildman–Crippen MR) is 127 cm³/mol. The molecular weight excluding hydrogens is 463 g/mol. The number of piperidine rings is 1. The summed E-state index contributed by atoms with van der Waals surface area (Å²) in [5.74, 6) is 1.48. The van der Waals surface area contributed by atoms with Crippen LogP contribution in [0.5, 0.6) is 0 Å². The van der Waals surface area contributed by atoms with E-state index in [0.717, 1.165) is 43.4 Å². The first-order valence-corrected chi connectivity index (χ1v) is 13.5. The van der Waals surface area contributed by atoms with E-state index >= 15 is 4.39 Å². The maximum atomic E-state index is 15.3. The zero-order valence-corrected chi connectivity index (χ0v) is 20.0. The number of alkyl halides is 1. The lowest BCUT2D eigenvalue weighted by Gasteiger charge is -2.42. The van der Waals surface area contributed by atoms with Gasteiger partial charge in [0.25, 0.3) is 0 Å². The Kier molecular flexibility index (Phi) is 5.20. The number of aliphatic hydroxyl groups is 1. The van der Waals surface area contributed by atoms with Gasteiger partial charge in [0.15, 0.2) is 0 Å². The summed E-state index contributed by atoms with van der Waals surface area (Å²) < 4.78 is 28.4. The Morgan fingerprint density at radius 3 is 2.58 bits per heavy atom. The minimum absolute atomic E-state index is 0.0118. The topological polar surface area (TPSA) is 78.4 Å². The molecule has 1 spiro atoms. The summed E-state index contributed by atoms with van der Waals surface area (Å²) >= 11 is 6.00. The van der Waals surface area contributed by atoms with Crippen molar-refractivity contribution in [2.45, 2.75) is 66.5 Å². The van der Waals surface area contributed by atoms with Gasteiger partial charge < -0.3 is 15.3 Å². The van der Waals surface area contributed by atoms with E-state index in [9.17, 15) is 9.32 Å². The van der Waals surface area contributed by atoms with Crippen LogP contribution in [-0.2, 0) is 16.2 Å². The molecule has 2 aromatic rings. The summed E-state index contributed by atoms with van der Waals surface area (Å²) in [5, 5.41) is 14.1. The molecule has 0 amide bonds. The van der Waals surface area contributed by atoms with E-state index < -0.39 is 22.5 Å². The molecule has 1 aromatic carbocycles. The Hall–Kier alpha value is -1.77. The van der Waals surface area contributed by atoms with Gasteiger partial charge in [0.1, 0.15) is 16.9 Å². The largest absolute Gasteiger partial charge is 0.394 e. The zero-order chi connectivity index (χ0) is 22.8. The highest BCUT2D eigenvalue weighted by Crippen LogP contribution is 2.56. The van der Waals surface area contributed by atoms with Crippen LogP contribution in [0.4, 0.5) is 16.2 Å². The average Bonchev–Trinajstić information content (AvgIpc) is 3.50. The van der Waals surface area contributed by atoms with E-state index in [1.54, 1.807) is 0 Å². The molecule has 1 aromatic heterocycles. The van der Waals surface area contributed by atoms with Crippen molar-refractivity contribution in [1.29, 1.82) is 0 Å². The molecule has 2 N–H and O–H groups in total. The number of fused-ring (bicyclic) bond motifs is 2. The lowest BCUT2D eigenvalue weighted by atomic mass is 9.77. The van der Waals surface area contributed by atoms with E-state index in [0.29, 0.717) is 40.4 Å². The molecule has 3 heterocycles. The molecule has 33 heavy (non-hydrogen) atoms. The number of anilines is 2. The van der Waals surface area contributed by atoms with Crippen LogP contribution < -0.4 is 10.2 Å². The first kappa shape index (κ1) is 21.7. The molecule has 1 saturated heterocycles. The van der Waals surface area contributed by atoms with Crippen LogP contribution in [0.15, 0.2) is 29.2 Å². The highest BCUT2D eigenvalue weighted by atomic mass is 35.5. The van der Waals surface area contributed by atoms with Crippen LogP contribution in [0.3, 0.4) is 0 Å². The average molecular weight is 491 g/mol. The fourth-order valence-corrected chi connectivity index (χ4v) is 7.50. The smallest absolute Gasteiger partial charge is 0.227 e. The second-order valence-electron chi connectivity index (χ2n) is 10.1. The van der Waals surface area contributed by atoms with Gasteiger partial charge in [-0.3, -0.25) is 4.21 Å². The number of nitrogens with zero attached hydrogens (tertiary/aromatic N) is 3. The van der Waals surface area contributed by atoms with Crippen LogP contribution in [0, 0.1) is 0 Å². The van der Waals surface area contributed by atoms with Crippen LogP contribution >= 0.6 is 11.6 Å². The van der Waals surface area contributed by atoms with Crippen LogP contribution in [0.25, 0.3) is 0 Å². The second-order valence-corrected chi connectivity index (χ2v) is 12.0. The fourth-order valence-electron chi connectivity index (χ4n) is 5.51. The monoisotopic (exact) mass is 490 g/mol. The first-order chi connectivity index (χ1) is 15.9. The molecule has 3 fully saturated rings. The number of rotatable bonds is 5. The van der Waals surface area contributed by atoms with Crippen LogP contribution in [0.2, 0.25) is 5.02 Å². The molecule has 2 aliphatic heterocycles. The summed E-state index contributed by atoms with van der Waals surface area (Å²) in [5.41, 5.74) is 1.31. The number of hydrogen-bond donors (Lipinski definition) is 2. The normalized spacial score (nSPS) is 28.9. The molecule has 4 aliphatic rings. The van der Waals surface area contributed by atoms with E-state index in [1.165, 1.54) is 0 Å². The van der Waals surface area contributed by atoms with Gasteiger partial charge in [-0.15, -0.1) is 0 Å². The Morgan fingerprint density at radius 2 is 1.97 bits per heavy atom. The Bertz CT molecular complexity index is 1100. The summed E-state index contributed by atoms with van der Waals surface area (Å²) in [4.78, 5) is 12.3. The number of nitrogens with one attached hydrogen (secondary N) is 1. The van der Waals surface area contributed by atoms with Crippen molar-refractivity contribution in [2.24, 2.45) is 0 Å². The van der Waals surface area contributed by atoms with Gasteiger partial charge in [0.2, 0.25) is 5.95 Å².